The minimum atomic E-state index is -0.373. The van der Waals surface area contributed by atoms with Crippen molar-refractivity contribution in [3.05, 3.63) is 45.2 Å². The number of hydrogen-bond donors (Lipinski definition) is 1. The molecule has 1 N–H and O–H groups in total. The summed E-state index contributed by atoms with van der Waals surface area (Å²) in [5, 5.41) is 10.3. The van der Waals surface area contributed by atoms with E-state index in [0.717, 1.165) is 16.5 Å². The predicted molar refractivity (Wildman–Crippen MR) is 84.8 cm³/mol. The van der Waals surface area contributed by atoms with Crippen LogP contribution in [-0.2, 0) is 15.9 Å². The Hall–Kier alpha value is -2.16. The summed E-state index contributed by atoms with van der Waals surface area (Å²) in [6.07, 6.45) is 0.127. The van der Waals surface area contributed by atoms with Crippen molar-refractivity contribution in [2.24, 2.45) is 0 Å². The Morgan fingerprint density at radius 1 is 1.23 bits per heavy atom. The van der Waals surface area contributed by atoms with Crippen molar-refractivity contribution < 1.29 is 9.47 Å². The fourth-order valence-electron chi connectivity index (χ4n) is 2.51. The first-order valence-electron chi connectivity index (χ1n) is 7.38. The van der Waals surface area contributed by atoms with Crippen LogP contribution in [0.2, 0.25) is 0 Å². The third kappa shape index (κ3) is 3.53. The van der Waals surface area contributed by atoms with Crippen LogP contribution < -0.4 is 5.56 Å². The van der Waals surface area contributed by atoms with Gasteiger partial charge in [0, 0.05) is 36.6 Å². The molecule has 0 aliphatic carbocycles. The minimum absolute atomic E-state index is 0.164. The Balaban J connectivity index is 2.48. The molecule has 22 heavy (non-hydrogen) atoms. The maximum atomic E-state index is 11.6. The summed E-state index contributed by atoms with van der Waals surface area (Å²) in [7, 11) is 0. The highest BCUT2D eigenvalue weighted by molar-refractivity contribution is 5.84. The number of nitrogens with zero attached hydrogens (tertiary/aromatic N) is 1. The summed E-state index contributed by atoms with van der Waals surface area (Å²) in [5.41, 5.74) is 2.78. The van der Waals surface area contributed by atoms with Gasteiger partial charge in [-0.1, -0.05) is 0 Å². The topological polar surface area (TPSA) is 75.1 Å². The molecule has 0 saturated carbocycles. The second-order valence-corrected chi connectivity index (χ2v) is 5.03. The highest BCUT2D eigenvalue weighted by Gasteiger charge is 2.14. The Morgan fingerprint density at radius 3 is 2.50 bits per heavy atom. The van der Waals surface area contributed by atoms with Gasteiger partial charge in [0.1, 0.15) is 0 Å². The van der Waals surface area contributed by atoms with E-state index < -0.39 is 0 Å². The molecule has 0 unspecified atom stereocenters. The van der Waals surface area contributed by atoms with Gasteiger partial charge in [0.25, 0.3) is 0 Å². The van der Waals surface area contributed by atoms with Gasteiger partial charge in [-0.05, 0) is 44.0 Å². The van der Waals surface area contributed by atoms with E-state index in [0.29, 0.717) is 30.7 Å². The summed E-state index contributed by atoms with van der Waals surface area (Å²) in [6, 6.07) is 7.39. The molecule has 0 spiro atoms. The lowest BCUT2D eigenvalue weighted by molar-refractivity contribution is -0.134. The van der Waals surface area contributed by atoms with Crippen LogP contribution >= 0.6 is 0 Å². The van der Waals surface area contributed by atoms with E-state index in [-0.39, 0.29) is 11.8 Å². The van der Waals surface area contributed by atoms with Crippen molar-refractivity contribution in [2.45, 2.75) is 33.5 Å². The quantitative estimate of drug-likeness (QED) is 0.832. The number of hydrogen-bond acceptors (Lipinski definition) is 4. The van der Waals surface area contributed by atoms with E-state index >= 15 is 0 Å². The molecule has 0 amide bonds. The molecule has 0 bridgehead atoms. The van der Waals surface area contributed by atoms with Crippen molar-refractivity contribution in [1.82, 2.24) is 4.98 Å². The molecular weight excluding hydrogens is 280 g/mol. The van der Waals surface area contributed by atoms with Gasteiger partial charge in [-0.2, -0.15) is 5.26 Å². The number of fused-ring (bicyclic) bond motifs is 1. The van der Waals surface area contributed by atoms with Crippen LogP contribution in [0.25, 0.3) is 10.9 Å². The summed E-state index contributed by atoms with van der Waals surface area (Å²) in [6.45, 7) is 6.80. The van der Waals surface area contributed by atoms with Gasteiger partial charge in [0.2, 0.25) is 5.56 Å². The Bertz CT molecular complexity index is 753. The summed E-state index contributed by atoms with van der Waals surface area (Å²) in [5.74, 6) is 0. The maximum Gasteiger partial charge on any atom is 0.248 e. The standard InChI is InChI=1S/C17H20N2O3/c1-4-21-17(22-5-2)9-12-7-14-11(3)6-16(20)19-15(14)8-13(12)10-18/h6-8,17H,4-5,9H2,1-3H3,(H,19,20). The van der Waals surface area contributed by atoms with Gasteiger partial charge in [-0.25, -0.2) is 0 Å². The Morgan fingerprint density at radius 2 is 1.91 bits per heavy atom. The Labute approximate surface area is 129 Å². The minimum Gasteiger partial charge on any atom is -0.353 e. The first-order chi connectivity index (χ1) is 10.6. The second kappa shape index (κ2) is 7.21. The zero-order chi connectivity index (χ0) is 16.1. The number of aryl methyl sites for hydroxylation is 1. The number of nitriles is 1. The third-order valence-corrected chi connectivity index (χ3v) is 3.49. The number of benzene rings is 1. The number of aromatic amines is 1. The monoisotopic (exact) mass is 300 g/mol. The van der Waals surface area contributed by atoms with E-state index in [4.69, 9.17) is 9.47 Å². The number of pyridine rings is 1. The number of nitrogens with one attached hydrogen (secondary N) is 1. The Kier molecular flexibility index (Phi) is 5.31. The van der Waals surface area contributed by atoms with E-state index in [1.54, 1.807) is 12.1 Å². The SMILES string of the molecule is CCOC(Cc1cc2c(C)cc(=O)[nH]c2cc1C#N)OCC. The second-order valence-electron chi connectivity index (χ2n) is 5.03. The van der Waals surface area contributed by atoms with Gasteiger partial charge in [-0.3, -0.25) is 4.79 Å². The normalized spacial score (nSPS) is 11.0. The van der Waals surface area contributed by atoms with Crippen LogP contribution in [-0.4, -0.2) is 24.5 Å². The van der Waals surface area contributed by atoms with E-state index in [1.165, 1.54) is 0 Å². The highest BCUT2D eigenvalue weighted by Crippen LogP contribution is 2.22. The zero-order valence-corrected chi connectivity index (χ0v) is 13.1. The molecule has 5 nitrogen and oxygen atoms in total. The highest BCUT2D eigenvalue weighted by atomic mass is 16.7. The molecule has 1 aromatic heterocycles. The van der Waals surface area contributed by atoms with Crippen molar-refractivity contribution >= 4 is 10.9 Å². The molecule has 2 rings (SSSR count). The number of ether oxygens (including phenoxy) is 2. The molecule has 0 atom stereocenters. The van der Waals surface area contributed by atoms with Crippen molar-refractivity contribution in [2.75, 3.05) is 13.2 Å². The molecule has 1 heterocycles. The molecule has 0 aliphatic heterocycles. The number of H-pyrrole nitrogens is 1. The first kappa shape index (κ1) is 16.2. The average Bonchev–Trinajstić information content (AvgIpc) is 2.47. The smallest absolute Gasteiger partial charge is 0.248 e. The van der Waals surface area contributed by atoms with Gasteiger partial charge in [0.05, 0.1) is 11.6 Å². The average molecular weight is 300 g/mol. The van der Waals surface area contributed by atoms with Gasteiger partial charge in [-0.15, -0.1) is 0 Å². The molecular formula is C17H20N2O3. The van der Waals surface area contributed by atoms with Gasteiger partial charge >= 0.3 is 0 Å². The molecule has 5 heteroatoms. The number of aromatic nitrogens is 1. The van der Waals surface area contributed by atoms with Gasteiger partial charge in [0.15, 0.2) is 6.29 Å². The molecule has 1 aromatic carbocycles. The first-order valence-corrected chi connectivity index (χ1v) is 7.38. The van der Waals surface area contributed by atoms with Crippen LogP contribution in [0.5, 0.6) is 0 Å². The van der Waals surface area contributed by atoms with Crippen LogP contribution in [0.4, 0.5) is 0 Å². The van der Waals surface area contributed by atoms with Crippen molar-refractivity contribution in [3.8, 4) is 6.07 Å². The molecule has 2 aromatic rings. The summed E-state index contributed by atoms with van der Waals surface area (Å²) in [4.78, 5) is 14.3. The van der Waals surface area contributed by atoms with Crippen LogP contribution in [0.3, 0.4) is 0 Å². The fourth-order valence-corrected chi connectivity index (χ4v) is 2.51. The molecule has 0 aliphatic rings. The molecule has 0 fully saturated rings. The van der Waals surface area contributed by atoms with Crippen LogP contribution in [0, 0.1) is 18.3 Å². The lowest BCUT2D eigenvalue weighted by atomic mass is 9.99. The van der Waals surface area contributed by atoms with E-state index in [1.807, 2.05) is 26.8 Å². The third-order valence-electron chi connectivity index (χ3n) is 3.49. The molecule has 116 valence electrons. The van der Waals surface area contributed by atoms with E-state index in [2.05, 4.69) is 11.1 Å². The predicted octanol–water partition coefficient (Wildman–Crippen LogP) is 2.65. The van der Waals surface area contributed by atoms with Crippen LogP contribution in [0.1, 0.15) is 30.5 Å². The fraction of sp³-hybridized carbons (Fsp3) is 0.412. The maximum absolute atomic E-state index is 11.6. The number of rotatable bonds is 6. The van der Waals surface area contributed by atoms with E-state index in [9.17, 15) is 10.1 Å². The van der Waals surface area contributed by atoms with Crippen LogP contribution in [0.15, 0.2) is 23.0 Å². The molecule has 0 saturated heterocycles. The lowest BCUT2D eigenvalue weighted by Crippen LogP contribution is -2.20. The molecule has 0 radical (unpaired) electrons. The van der Waals surface area contributed by atoms with Crippen molar-refractivity contribution in [1.29, 1.82) is 5.26 Å². The largest absolute Gasteiger partial charge is 0.353 e. The lowest BCUT2D eigenvalue weighted by Gasteiger charge is -2.18. The van der Waals surface area contributed by atoms with Crippen molar-refractivity contribution in [3.63, 3.8) is 0 Å². The zero-order valence-electron chi connectivity index (χ0n) is 13.1. The van der Waals surface area contributed by atoms with Gasteiger partial charge < -0.3 is 14.5 Å². The summed E-state index contributed by atoms with van der Waals surface area (Å²) < 4.78 is 11.1. The summed E-state index contributed by atoms with van der Waals surface area (Å²) >= 11 is 0.